The van der Waals surface area contributed by atoms with Crippen LogP contribution in [-0.4, -0.2) is 40.1 Å². The zero-order valence-corrected chi connectivity index (χ0v) is 15.2. The van der Waals surface area contributed by atoms with E-state index in [1.54, 1.807) is 31.5 Å². The number of esters is 1. The highest BCUT2D eigenvalue weighted by Gasteiger charge is 2.50. The van der Waals surface area contributed by atoms with Crippen molar-refractivity contribution >= 4 is 23.6 Å². The minimum absolute atomic E-state index is 0.0727. The summed E-state index contributed by atoms with van der Waals surface area (Å²) >= 11 is 1.01. The summed E-state index contributed by atoms with van der Waals surface area (Å²) in [7, 11) is 0. The van der Waals surface area contributed by atoms with Gasteiger partial charge in [0.05, 0.1) is 29.0 Å². The lowest BCUT2D eigenvalue weighted by molar-refractivity contribution is -0.161. The second kappa shape index (κ2) is 8.21. The van der Waals surface area contributed by atoms with Crippen LogP contribution >= 0.6 is 11.8 Å². The molecule has 3 atom stereocenters. The third kappa shape index (κ3) is 4.15. The minimum atomic E-state index is -1.69. The molecule has 2 heterocycles. The van der Waals surface area contributed by atoms with Crippen LogP contribution in [0.3, 0.4) is 0 Å². The summed E-state index contributed by atoms with van der Waals surface area (Å²) in [5, 5.41) is 23.7. The van der Waals surface area contributed by atoms with Crippen molar-refractivity contribution in [3.63, 3.8) is 0 Å². The van der Waals surface area contributed by atoms with Gasteiger partial charge in [0.2, 0.25) is 5.91 Å². The molecular weight excluding hydrogens is 356 g/mol. The number of amides is 1. The van der Waals surface area contributed by atoms with Gasteiger partial charge in [-0.25, -0.2) is 0 Å². The fourth-order valence-electron chi connectivity index (χ4n) is 2.91. The van der Waals surface area contributed by atoms with Crippen molar-refractivity contribution in [2.45, 2.75) is 25.5 Å². The van der Waals surface area contributed by atoms with Crippen LogP contribution in [0.2, 0.25) is 0 Å². The Morgan fingerprint density at radius 1 is 1.50 bits per heavy atom. The Kier molecular flexibility index (Phi) is 6.23. The number of primary amides is 1. The van der Waals surface area contributed by atoms with E-state index in [-0.39, 0.29) is 17.9 Å². The van der Waals surface area contributed by atoms with E-state index in [4.69, 9.17) is 10.5 Å². The molecule has 1 aromatic heterocycles. The smallest absolute Gasteiger partial charge is 0.314 e. The number of aromatic nitrogens is 1. The molecule has 0 unspecified atom stereocenters. The number of allylic oxidation sites excluding steroid dienone is 1. The van der Waals surface area contributed by atoms with E-state index < -0.39 is 29.4 Å². The third-order valence-corrected chi connectivity index (χ3v) is 4.99. The van der Waals surface area contributed by atoms with E-state index in [0.717, 1.165) is 11.8 Å². The largest absolute Gasteiger partial charge is 0.466 e. The number of rotatable bonds is 6. The van der Waals surface area contributed by atoms with Crippen LogP contribution in [-0.2, 0) is 14.3 Å². The summed E-state index contributed by atoms with van der Waals surface area (Å²) in [5.41, 5.74) is 4.35. The Morgan fingerprint density at radius 2 is 2.15 bits per heavy atom. The number of nitrogens with one attached hydrogen (secondary N) is 1. The molecule has 8 nitrogen and oxygen atoms in total. The van der Waals surface area contributed by atoms with Gasteiger partial charge in [0.1, 0.15) is 11.6 Å². The lowest BCUT2D eigenvalue weighted by Gasteiger charge is -2.42. The van der Waals surface area contributed by atoms with Crippen molar-refractivity contribution in [1.29, 1.82) is 5.26 Å². The number of carbonyl (C=O) groups is 2. The Morgan fingerprint density at radius 3 is 2.69 bits per heavy atom. The molecule has 0 aromatic carbocycles. The molecule has 0 saturated carbocycles. The Balaban J connectivity index is 2.60. The van der Waals surface area contributed by atoms with E-state index in [2.05, 4.69) is 16.4 Å². The molecule has 2 rings (SSSR count). The topological polar surface area (TPSA) is 138 Å². The van der Waals surface area contributed by atoms with Gasteiger partial charge in [0, 0.05) is 18.3 Å². The summed E-state index contributed by atoms with van der Waals surface area (Å²) in [6.45, 7) is 3.24. The van der Waals surface area contributed by atoms with Crippen LogP contribution in [0, 0.1) is 17.2 Å². The van der Waals surface area contributed by atoms with Gasteiger partial charge in [-0.2, -0.15) is 5.26 Å². The van der Waals surface area contributed by atoms with Crippen LogP contribution in [0.1, 0.15) is 25.3 Å². The van der Waals surface area contributed by atoms with Crippen molar-refractivity contribution in [3.8, 4) is 6.07 Å². The molecule has 1 aliphatic heterocycles. The highest BCUT2D eigenvalue weighted by Crippen LogP contribution is 2.44. The number of aliphatic hydroxyl groups is 1. The zero-order valence-electron chi connectivity index (χ0n) is 14.4. The molecule has 9 heteroatoms. The van der Waals surface area contributed by atoms with Crippen molar-refractivity contribution in [2.75, 3.05) is 12.4 Å². The van der Waals surface area contributed by atoms with E-state index in [1.165, 1.54) is 6.92 Å². The first kappa shape index (κ1) is 19.8. The monoisotopic (exact) mass is 376 g/mol. The van der Waals surface area contributed by atoms with Gasteiger partial charge in [-0.1, -0.05) is 11.8 Å². The molecule has 0 fully saturated rings. The molecule has 0 spiro atoms. The average molecular weight is 376 g/mol. The Labute approximate surface area is 155 Å². The van der Waals surface area contributed by atoms with Crippen molar-refractivity contribution in [2.24, 2.45) is 11.7 Å². The summed E-state index contributed by atoms with van der Waals surface area (Å²) < 4.78 is 5.13. The SMILES string of the molecule is CCOC(=O)[C@H]1[C@@H](c2ccncc2)C(C#N)=C(SCC(N)=O)N[C@@]1(C)O. The number of thioether (sulfide) groups is 1. The summed E-state index contributed by atoms with van der Waals surface area (Å²) in [6, 6.07) is 5.44. The molecule has 26 heavy (non-hydrogen) atoms. The predicted molar refractivity (Wildman–Crippen MR) is 95.2 cm³/mol. The summed E-state index contributed by atoms with van der Waals surface area (Å²) in [5.74, 6) is -3.07. The van der Waals surface area contributed by atoms with Crippen molar-refractivity contribution in [3.05, 3.63) is 40.7 Å². The molecule has 1 aromatic rings. The van der Waals surface area contributed by atoms with Gasteiger partial charge >= 0.3 is 5.97 Å². The van der Waals surface area contributed by atoms with Crippen LogP contribution < -0.4 is 11.1 Å². The van der Waals surface area contributed by atoms with Gasteiger partial charge in [-0.3, -0.25) is 14.6 Å². The number of hydrogen-bond acceptors (Lipinski definition) is 8. The first-order valence-corrected chi connectivity index (χ1v) is 8.92. The number of nitrogens with two attached hydrogens (primary N) is 1. The summed E-state index contributed by atoms with van der Waals surface area (Å²) in [4.78, 5) is 27.7. The number of nitrogens with zero attached hydrogens (tertiary/aromatic N) is 2. The molecule has 1 aliphatic rings. The Bertz CT molecular complexity index is 758. The second-order valence-corrected chi connectivity index (χ2v) is 6.86. The maximum atomic E-state index is 12.6. The maximum Gasteiger partial charge on any atom is 0.314 e. The normalized spacial score (nSPS) is 25.2. The fraction of sp³-hybridized carbons (Fsp3) is 0.412. The number of hydrogen-bond donors (Lipinski definition) is 3. The van der Waals surface area contributed by atoms with Crippen LogP contribution in [0.25, 0.3) is 0 Å². The average Bonchev–Trinajstić information content (AvgIpc) is 2.59. The first-order valence-electron chi connectivity index (χ1n) is 7.94. The fourth-order valence-corrected chi connectivity index (χ4v) is 3.81. The lowest BCUT2D eigenvalue weighted by Crippen LogP contribution is -2.57. The molecule has 0 radical (unpaired) electrons. The number of nitriles is 1. The van der Waals surface area contributed by atoms with Gasteiger partial charge in [0.15, 0.2) is 0 Å². The van der Waals surface area contributed by atoms with Gasteiger partial charge in [-0.05, 0) is 31.5 Å². The van der Waals surface area contributed by atoms with Crippen LogP contribution in [0.15, 0.2) is 35.1 Å². The summed E-state index contributed by atoms with van der Waals surface area (Å²) in [6.07, 6.45) is 3.08. The molecule has 0 saturated heterocycles. The molecular formula is C17H20N4O4S. The van der Waals surface area contributed by atoms with E-state index >= 15 is 0 Å². The van der Waals surface area contributed by atoms with Crippen molar-refractivity contribution < 1.29 is 19.4 Å². The van der Waals surface area contributed by atoms with E-state index in [1.807, 2.05) is 0 Å². The second-order valence-electron chi connectivity index (χ2n) is 5.87. The quantitative estimate of drug-likeness (QED) is 0.614. The Hall–Kier alpha value is -2.57. The highest BCUT2D eigenvalue weighted by molar-refractivity contribution is 8.03. The predicted octanol–water partition coefficient (Wildman–Crippen LogP) is 0.610. The molecule has 138 valence electrons. The zero-order chi connectivity index (χ0) is 19.3. The first-order chi connectivity index (χ1) is 12.3. The molecule has 4 N–H and O–H groups in total. The van der Waals surface area contributed by atoms with E-state index in [9.17, 15) is 20.0 Å². The number of carbonyl (C=O) groups excluding carboxylic acids is 2. The third-order valence-electron chi connectivity index (χ3n) is 3.95. The van der Waals surface area contributed by atoms with Crippen molar-refractivity contribution in [1.82, 2.24) is 10.3 Å². The standard InChI is InChI=1S/C17H20N4O4S/c1-3-25-16(23)14-13(10-4-6-20-7-5-10)11(8-18)15(21-17(14,2)24)26-9-12(19)22/h4-7,13-14,21,24H,3,9H2,1-2H3,(H2,19,22)/t13-,14+,17-/m0/s1. The van der Waals surface area contributed by atoms with Gasteiger partial charge in [-0.15, -0.1) is 0 Å². The maximum absolute atomic E-state index is 12.6. The number of ether oxygens (including phenoxy) is 1. The highest BCUT2D eigenvalue weighted by atomic mass is 32.2. The van der Waals surface area contributed by atoms with E-state index in [0.29, 0.717) is 10.6 Å². The van der Waals surface area contributed by atoms with Crippen LogP contribution in [0.5, 0.6) is 0 Å². The molecule has 1 amide bonds. The van der Waals surface area contributed by atoms with Crippen LogP contribution in [0.4, 0.5) is 0 Å². The van der Waals surface area contributed by atoms with Gasteiger partial charge < -0.3 is 20.9 Å². The number of pyridine rings is 1. The lowest BCUT2D eigenvalue weighted by atomic mass is 9.74. The minimum Gasteiger partial charge on any atom is -0.466 e. The molecule has 0 bridgehead atoms. The van der Waals surface area contributed by atoms with Gasteiger partial charge in [0.25, 0.3) is 0 Å². The molecule has 0 aliphatic carbocycles.